The summed E-state index contributed by atoms with van der Waals surface area (Å²) in [6, 6.07) is 3.06. The number of nitrogens with two attached hydrogens (primary N) is 1. The zero-order valence-electron chi connectivity index (χ0n) is 13.6. The lowest BCUT2D eigenvalue weighted by Gasteiger charge is -2.30. The van der Waals surface area contributed by atoms with E-state index in [1.807, 2.05) is 6.07 Å². The van der Waals surface area contributed by atoms with Gasteiger partial charge in [0, 0.05) is 19.1 Å². The molecule has 2 heterocycles. The summed E-state index contributed by atoms with van der Waals surface area (Å²) in [6.45, 7) is 2.24. The molecule has 1 aliphatic rings. The minimum atomic E-state index is -2.97. The lowest BCUT2D eigenvalue weighted by atomic mass is 10.0. The number of morpholine rings is 1. The van der Waals surface area contributed by atoms with E-state index in [1.165, 1.54) is 0 Å². The number of anilines is 1. The van der Waals surface area contributed by atoms with Crippen LogP contribution in [0.1, 0.15) is 30.6 Å². The van der Waals surface area contributed by atoms with Crippen molar-refractivity contribution in [3.05, 3.63) is 33.6 Å². The fourth-order valence-corrected chi connectivity index (χ4v) is 2.98. The second kappa shape index (κ2) is 6.45. The highest BCUT2D eigenvalue weighted by atomic mass is 19.3. The molecule has 3 rings (SSSR count). The predicted molar refractivity (Wildman–Crippen MR) is 87.6 cm³/mol. The molecule has 1 aromatic heterocycles. The summed E-state index contributed by atoms with van der Waals surface area (Å²) in [4.78, 5) is 18.8. The SMILES string of the molecule is Cc1cc(C(C)N)c2nc(N3CCOCC3)n(C(F)F)c(=O)c2c1. The quantitative estimate of drug-likeness (QED) is 0.926. The van der Waals surface area contributed by atoms with Crippen molar-refractivity contribution >= 4 is 16.9 Å². The zero-order valence-corrected chi connectivity index (χ0v) is 13.6. The van der Waals surface area contributed by atoms with Gasteiger partial charge in [-0.2, -0.15) is 8.78 Å². The number of benzene rings is 1. The molecule has 0 spiro atoms. The standard InChI is InChI=1S/C16H20F2N4O2/c1-9-7-11(10(2)19)13-12(8-9)14(23)22(15(17)18)16(20-13)21-3-5-24-6-4-21/h7-8,10,15H,3-6,19H2,1-2H3. The number of ether oxygens (including phenoxy) is 1. The Labute approximate surface area is 137 Å². The lowest BCUT2D eigenvalue weighted by molar-refractivity contribution is 0.0650. The minimum absolute atomic E-state index is 0.0310. The van der Waals surface area contributed by atoms with Gasteiger partial charge in [-0.1, -0.05) is 6.07 Å². The van der Waals surface area contributed by atoms with Crippen LogP contribution in [0.25, 0.3) is 10.9 Å². The third-order valence-electron chi connectivity index (χ3n) is 4.14. The largest absolute Gasteiger partial charge is 0.378 e. The molecule has 1 unspecified atom stereocenters. The summed E-state index contributed by atoms with van der Waals surface area (Å²) in [5.74, 6) is -0.0310. The van der Waals surface area contributed by atoms with Gasteiger partial charge in [0.25, 0.3) is 5.56 Å². The number of halogens is 2. The first kappa shape index (κ1) is 16.8. The van der Waals surface area contributed by atoms with Crippen LogP contribution in [0.3, 0.4) is 0 Å². The van der Waals surface area contributed by atoms with Gasteiger partial charge in [0.2, 0.25) is 5.95 Å². The lowest BCUT2D eigenvalue weighted by Crippen LogP contribution is -2.41. The topological polar surface area (TPSA) is 73.4 Å². The van der Waals surface area contributed by atoms with E-state index in [0.29, 0.717) is 42.0 Å². The molecular weight excluding hydrogens is 318 g/mol. The predicted octanol–water partition coefficient (Wildman–Crippen LogP) is 1.96. The molecule has 6 nitrogen and oxygen atoms in total. The molecule has 1 fully saturated rings. The summed E-state index contributed by atoms with van der Waals surface area (Å²) in [5, 5.41) is 0.166. The highest BCUT2D eigenvalue weighted by Crippen LogP contribution is 2.26. The summed E-state index contributed by atoms with van der Waals surface area (Å²) < 4.78 is 32.9. The average Bonchev–Trinajstić information content (AvgIpc) is 2.55. The van der Waals surface area contributed by atoms with E-state index in [4.69, 9.17) is 10.5 Å². The monoisotopic (exact) mass is 338 g/mol. The normalized spacial score (nSPS) is 16.8. The first-order chi connectivity index (χ1) is 11.4. The number of nitrogens with zero attached hydrogens (tertiary/aromatic N) is 3. The van der Waals surface area contributed by atoms with E-state index >= 15 is 0 Å². The molecule has 2 aromatic rings. The summed E-state index contributed by atoms with van der Waals surface area (Å²) in [6.07, 6.45) is 0. The Bertz CT molecular complexity index is 814. The number of hydrogen-bond donors (Lipinski definition) is 1. The number of aryl methyl sites for hydroxylation is 1. The maximum absolute atomic E-state index is 13.6. The molecular formula is C16H20F2N4O2. The first-order valence-electron chi connectivity index (χ1n) is 7.83. The van der Waals surface area contributed by atoms with E-state index in [2.05, 4.69) is 4.98 Å². The van der Waals surface area contributed by atoms with E-state index in [9.17, 15) is 13.6 Å². The number of fused-ring (bicyclic) bond motifs is 1. The van der Waals surface area contributed by atoms with Crippen LogP contribution in [0.15, 0.2) is 16.9 Å². The van der Waals surface area contributed by atoms with Crippen molar-refractivity contribution in [2.24, 2.45) is 5.73 Å². The Balaban J connectivity index is 2.33. The fourth-order valence-electron chi connectivity index (χ4n) is 2.98. The first-order valence-corrected chi connectivity index (χ1v) is 7.83. The second-order valence-electron chi connectivity index (χ2n) is 6.00. The number of hydrogen-bond acceptors (Lipinski definition) is 5. The van der Waals surface area contributed by atoms with E-state index < -0.39 is 12.1 Å². The molecule has 2 N–H and O–H groups in total. The van der Waals surface area contributed by atoms with E-state index in [0.717, 1.165) is 5.56 Å². The van der Waals surface area contributed by atoms with Gasteiger partial charge in [-0.25, -0.2) is 9.55 Å². The van der Waals surface area contributed by atoms with Gasteiger partial charge in [0.1, 0.15) is 0 Å². The molecule has 1 aliphatic heterocycles. The van der Waals surface area contributed by atoms with Crippen molar-refractivity contribution in [2.75, 3.05) is 31.2 Å². The van der Waals surface area contributed by atoms with E-state index in [1.54, 1.807) is 24.8 Å². The Morgan fingerprint density at radius 1 is 1.29 bits per heavy atom. The Kier molecular flexibility index (Phi) is 4.51. The van der Waals surface area contributed by atoms with Gasteiger partial charge in [-0.3, -0.25) is 4.79 Å². The van der Waals surface area contributed by atoms with Crippen LogP contribution in [-0.2, 0) is 4.74 Å². The van der Waals surface area contributed by atoms with Crippen LogP contribution < -0.4 is 16.2 Å². The summed E-state index contributed by atoms with van der Waals surface area (Å²) in [5.41, 5.74) is 7.10. The summed E-state index contributed by atoms with van der Waals surface area (Å²) in [7, 11) is 0. The van der Waals surface area contributed by atoms with Crippen LogP contribution in [0.5, 0.6) is 0 Å². The smallest absolute Gasteiger partial charge is 0.324 e. The molecule has 8 heteroatoms. The van der Waals surface area contributed by atoms with Crippen molar-refractivity contribution < 1.29 is 13.5 Å². The van der Waals surface area contributed by atoms with Crippen LogP contribution >= 0.6 is 0 Å². The number of aromatic nitrogens is 2. The molecule has 0 radical (unpaired) electrons. The van der Waals surface area contributed by atoms with Crippen molar-refractivity contribution in [1.29, 1.82) is 0 Å². The molecule has 0 saturated carbocycles. The number of alkyl halides is 2. The van der Waals surface area contributed by atoms with Crippen molar-refractivity contribution in [3.63, 3.8) is 0 Å². The second-order valence-corrected chi connectivity index (χ2v) is 6.00. The maximum Gasteiger partial charge on any atom is 0.324 e. The molecule has 130 valence electrons. The fraction of sp³-hybridized carbons (Fsp3) is 0.500. The maximum atomic E-state index is 13.6. The van der Waals surface area contributed by atoms with Crippen molar-refractivity contribution in [2.45, 2.75) is 26.4 Å². The third kappa shape index (κ3) is 2.87. The zero-order chi connectivity index (χ0) is 17.4. The Hall–Kier alpha value is -2.06. The third-order valence-corrected chi connectivity index (χ3v) is 4.14. The van der Waals surface area contributed by atoms with Crippen LogP contribution in [0.4, 0.5) is 14.7 Å². The molecule has 0 bridgehead atoms. The average molecular weight is 338 g/mol. The molecule has 1 aromatic carbocycles. The van der Waals surface area contributed by atoms with Gasteiger partial charge < -0.3 is 15.4 Å². The number of rotatable bonds is 3. The molecule has 0 aliphatic carbocycles. The van der Waals surface area contributed by atoms with Crippen LogP contribution in [0, 0.1) is 6.92 Å². The van der Waals surface area contributed by atoms with Crippen molar-refractivity contribution in [3.8, 4) is 0 Å². The highest BCUT2D eigenvalue weighted by molar-refractivity contribution is 5.83. The van der Waals surface area contributed by atoms with Gasteiger partial charge >= 0.3 is 6.55 Å². The van der Waals surface area contributed by atoms with Gasteiger partial charge in [0.05, 0.1) is 24.1 Å². The van der Waals surface area contributed by atoms with E-state index in [-0.39, 0.29) is 17.4 Å². The van der Waals surface area contributed by atoms with Crippen LogP contribution in [-0.4, -0.2) is 35.9 Å². The van der Waals surface area contributed by atoms with Crippen molar-refractivity contribution in [1.82, 2.24) is 9.55 Å². The highest BCUT2D eigenvalue weighted by Gasteiger charge is 2.25. The molecule has 1 saturated heterocycles. The molecule has 1 atom stereocenters. The Morgan fingerprint density at radius 2 is 1.96 bits per heavy atom. The van der Waals surface area contributed by atoms with Gasteiger partial charge in [-0.15, -0.1) is 0 Å². The summed E-state index contributed by atoms with van der Waals surface area (Å²) >= 11 is 0. The van der Waals surface area contributed by atoms with Gasteiger partial charge in [-0.05, 0) is 31.0 Å². The van der Waals surface area contributed by atoms with Crippen LogP contribution in [0.2, 0.25) is 0 Å². The minimum Gasteiger partial charge on any atom is -0.378 e. The molecule has 0 amide bonds. The Morgan fingerprint density at radius 3 is 2.54 bits per heavy atom. The molecule has 24 heavy (non-hydrogen) atoms. The van der Waals surface area contributed by atoms with Gasteiger partial charge in [0.15, 0.2) is 0 Å².